The summed E-state index contributed by atoms with van der Waals surface area (Å²) < 4.78 is 0. The first-order chi connectivity index (χ1) is 12.2. The Hall–Kier alpha value is -2.66. The van der Waals surface area contributed by atoms with E-state index in [0.29, 0.717) is 0 Å². The lowest BCUT2D eigenvalue weighted by atomic mass is 10.1. The van der Waals surface area contributed by atoms with Crippen LogP contribution in [0.25, 0.3) is 0 Å². The van der Waals surface area contributed by atoms with Crippen LogP contribution >= 0.6 is 0 Å². The normalized spacial score (nSPS) is 10.7. The molecule has 0 aromatic heterocycles. The average molecular weight is 376 g/mol. The number of urea groups is 1. The topological polar surface area (TPSA) is 97.7 Å². The van der Waals surface area contributed by atoms with Crippen molar-refractivity contribution >= 4 is 23.8 Å². The van der Waals surface area contributed by atoms with Gasteiger partial charge in [0.25, 0.3) is 0 Å². The third-order valence-electron chi connectivity index (χ3n) is 3.23. The monoisotopic (exact) mass is 375 g/mol. The molecule has 0 saturated heterocycles. The minimum absolute atomic E-state index is 0.0455. The zero-order chi connectivity index (χ0) is 21.4. The van der Waals surface area contributed by atoms with E-state index < -0.39 is 0 Å². The van der Waals surface area contributed by atoms with Crippen molar-refractivity contribution in [3.63, 3.8) is 0 Å². The highest BCUT2D eigenvalue weighted by atomic mass is 16.2. The molecule has 0 fully saturated rings. The van der Waals surface area contributed by atoms with E-state index in [2.05, 4.69) is 15.6 Å². The first-order valence-corrected chi connectivity index (χ1v) is 8.74. The molecule has 0 unspecified atom stereocenters. The smallest absolute Gasteiger partial charge is 0.324 e. The summed E-state index contributed by atoms with van der Waals surface area (Å²) in [6.07, 6.45) is 1.48. The predicted molar refractivity (Wildman–Crippen MR) is 111 cm³/mol. The number of guanidine groups is 1. The Morgan fingerprint density at radius 1 is 1.11 bits per heavy atom. The molecule has 27 heavy (non-hydrogen) atoms. The van der Waals surface area contributed by atoms with Gasteiger partial charge in [0, 0.05) is 18.3 Å². The molecule has 0 aliphatic carbocycles. The summed E-state index contributed by atoms with van der Waals surface area (Å²) in [7, 11) is 1.57. The highest BCUT2D eigenvalue weighted by molar-refractivity contribution is 6.02. The Morgan fingerprint density at radius 3 is 1.93 bits per heavy atom. The van der Waals surface area contributed by atoms with E-state index in [1.165, 1.54) is 11.0 Å². The van der Waals surface area contributed by atoms with E-state index in [9.17, 15) is 9.59 Å². The Bertz CT molecular complexity index is 688. The first-order valence-electron chi connectivity index (χ1n) is 8.74. The Balaban J connectivity index is 0.000000821. The van der Waals surface area contributed by atoms with Crippen LogP contribution in [0.15, 0.2) is 23.2 Å². The standard InChI is InChI=1S/C15H24N4O.C5H9NO/c1-10-8-7-9-11(2)12(10)17-13(16)19(6)14(20)18-15(3,4)5;1-5(2,3)6-4-7/h7-9H,1-6H3,(H2,16,17)(H,18,20);1-3H3. The van der Waals surface area contributed by atoms with Gasteiger partial charge in [-0.15, -0.1) is 0 Å². The number of nitrogens with one attached hydrogen (secondary N) is 3. The molecule has 3 N–H and O–H groups in total. The fourth-order valence-electron chi connectivity index (χ4n) is 1.86. The number of rotatable bonds is 1. The van der Waals surface area contributed by atoms with Crippen molar-refractivity contribution in [2.45, 2.75) is 66.5 Å². The fraction of sp³-hybridized carbons (Fsp3) is 0.550. The van der Waals surface area contributed by atoms with Crippen molar-refractivity contribution in [2.24, 2.45) is 4.99 Å². The second-order valence-corrected chi connectivity index (χ2v) is 8.35. The van der Waals surface area contributed by atoms with Crippen molar-refractivity contribution in [3.8, 4) is 0 Å². The summed E-state index contributed by atoms with van der Waals surface area (Å²) in [6.45, 7) is 15.2. The molecule has 0 radical (unpaired) electrons. The highest BCUT2D eigenvalue weighted by Gasteiger charge is 2.20. The van der Waals surface area contributed by atoms with Gasteiger partial charge in [0.1, 0.15) is 0 Å². The van der Waals surface area contributed by atoms with Gasteiger partial charge in [-0.1, -0.05) is 18.2 Å². The Morgan fingerprint density at radius 2 is 1.59 bits per heavy atom. The van der Waals surface area contributed by atoms with E-state index in [4.69, 9.17) is 5.41 Å². The molecule has 1 aromatic rings. The molecule has 1 aromatic carbocycles. The van der Waals surface area contributed by atoms with Gasteiger partial charge >= 0.3 is 6.03 Å². The molecule has 0 saturated carbocycles. The van der Waals surface area contributed by atoms with Crippen molar-refractivity contribution in [2.75, 3.05) is 12.4 Å². The van der Waals surface area contributed by atoms with E-state index in [1.54, 1.807) is 7.05 Å². The number of carbonyl (C=O) groups excluding carboxylic acids is 2. The summed E-state index contributed by atoms with van der Waals surface area (Å²) in [6, 6.07) is 5.60. The minimum atomic E-state index is -0.329. The number of nitrogens with zero attached hydrogens (tertiary/aromatic N) is 2. The van der Waals surface area contributed by atoms with Gasteiger partial charge in [0.05, 0.1) is 5.54 Å². The zero-order valence-corrected chi connectivity index (χ0v) is 17.9. The Labute approximate surface area is 162 Å². The lowest BCUT2D eigenvalue weighted by Gasteiger charge is -2.26. The second-order valence-electron chi connectivity index (χ2n) is 8.35. The van der Waals surface area contributed by atoms with Crippen LogP contribution in [0.5, 0.6) is 0 Å². The van der Waals surface area contributed by atoms with E-state index in [0.717, 1.165) is 16.8 Å². The molecule has 2 amide bonds. The summed E-state index contributed by atoms with van der Waals surface area (Å²) in [4.78, 5) is 26.2. The van der Waals surface area contributed by atoms with Gasteiger partial charge in [0.15, 0.2) is 0 Å². The molecular formula is C20H33N5O2. The molecule has 0 bridgehead atoms. The highest BCUT2D eigenvalue weighted by Crippen LogP contribution is 2.19. The third kappa shape index (κ3) is 10.2. The van der Waals surface area contributed by atoms with Gasteiger partial charge in [-0.2, -0.15) is 0 Å². The molecule has 150 valence electrons. The maximum atomic E-state index is 12.0. The van der Waals surface area contributed by atoms with Crippen LogP contribution in [0.1, 0.15) is 52.7 Å². The molecule has 0 aliphatic rings. The second kappa shape index (κ2) is 9.88. The number of hydrogen-bond donors (Lipinski definition) is 3. The van der Waals surface area contributed by atoms with E-state index >= 15 is 0 Å². The molecule has 7 heteroatoms. The van der Waals surface area contributed by atoms with Gasteiger partial charge in [-0.3, -0.25) is 10.3 Å². The molecular weight excluding hydrogens is 342 g/mol. The molecule has 7 nitrogen and oxygen atoms in total. The van der Waals surface area contributed by atoms with Crippen molar-refractivity contribution in [3.05, 3.63) is 29.3 Å². The van der Waals surface area contributed by atoms with Gasteiger partial charge in [0.2, 0.25) is 12.0 Å². The van der Waals surface area contributed by atoms with Crippen LogP contribution in [0.2, 0.25) is 0 Å². The number of anilines is 1. The molecule has 0 atom stereocenters. The molecule has 0 aliphatic heterocycles. The van der Waals surface area contributed by atoms with Crippen molar-refractivity contribution in [1.82, 2.24) is 10.2 Å². The number of carbonyl (C=O) groups is 1. The van der Waals surface area contributed by atoms with Gasteiger partial charge < -0.3 is 10.6 Å². The summed E-state index contributed by atoms with van der Waals surface area (Å²) in [5.74, 6) is 0.0455. The number of hydrogen-bond acceptors (Lipinski definition) is 4. The van der Waals surface area contributed by atoms with E-state index in [1.807, 2.05) is 73.6 Å². The summed E-state index contributed by atoms with van der Waals surface area (Å²) >= 11 is 0. The molecule has 0 heterocycles. The number of para-hydroxylation sites is 1. The number of benzene rings is 1. The maximum Gasteiger partial charge on any atom is 0.324 e. The lowest BCUT2D eigenvalue weighted by Crippen LogP contribution is -2.50. The van der Waals surface area contributed by atoms with Crippen LogP contribution in [-0.2, 0) is 4.79 Å². The van der Waals surface area contributed by atoms with Gasteiger partial charge in [-0.25, -0.2) is 14.6 Å². The largest absolute Gasteiger partial charge is 0.333 e. The summed E-state index contributed by atoms with van der Waals surface area (Å²) in [5, 5.41) is 13.8. The summed E-state index contributed by atoms with van der Waals surface area (Å²) in [5.41, 5.74) is 2.37. The zero-order valence-electron chi connectivity index (χ0n) is 17.9. The number of amides is 2. The molecule has 0 spiro atoms. The lowest BCUT2D eigenvalue weighted by molar-refractivity contribution is 0.217. The van der Waals surface area contributed by atoms with Crippen molar-refractivity contribution < 1.29 is 9.59 Å². The Kier molecular flexibility index (Phi) is 8.90. The molecule has 1 rings (SSSR count). The maximum absolute atomic E-state index is 12.0. The van der Waals surface area contributed by atoms with Crippen LogP contribution < -0.4 is 10.6 Å². The quantitative estimate of drug-likeness (QED) is 0.389. The van der Waals surface area contributed by atoms with Crippen LogP contribution in [0.3, 0.4) is 0 Å². The average Bonchev–Trinajstić information content (AvgIpc) is 2.47. The number of isocyanates is 1. The predicted octanol–water partition coefficient (Wildman–Crippen LogP) is 4.21. The SMILES string of the molecule is CC(C)(C)N=C=O.Cc1cccc(C)c1NC(=N)N(C)C(=O)NC(C)(C)C. The van der Waals surface area contributed by atoms with Gasteiger partial charge in [-0.05, 0) is 66.5 Å². The van der Waals surface area contributed by atoms with Crippen LogP contribution in [-0.4, -0.2) is 41.1 Å². The number of aliphatic imine (C=N–C) groups is 1. The van der Waals surface area contributed by atoms with Crippen LogP contribution in [0.4, 0.5) is 10.5 Å². The third-order valence-corrected chi connectivity index (χ3v) is 3.23. The van der Waals surface area contributed by atoms with E-state index in [-0.39, 0.29) is 23.1 Å². The van der Waals surface area contributed by atoms with Crippen LogP contribution in [0, 0.1) is 19.3 Å². The van der Waals surface area contributed by atoms with Crippen molar-refractivity contribution in [1.29, 1.82) is 5.41 Å². The fourth-order valence-corrected chi connectivity index (χ4v) is 1.86. The minimum Gasteiger partial charge on any atom is -0.333 e. The number of aryl methyl sites for hydroxylation is 2. The first kappa shape index (κ1) is 24.3.